The van der Waals surface area contributed by atoms with E-state index in [4.69, 9.17) is 0 Å². The van der Waals surface area contributed by atoms with Gasteiger partial charge in [0.2, 0.25) is 0 Å². The molecule has 1 aromatic carbocycles. The van der Waals surface area contributed by atoms with Crippen LogP contribution in [0.1, 0.15) is 35.5 Å². The van der Waals surface area contributed by atoms with Crippen molar-refractivity contribution < 1.29 is 4.79 Å². The van der Waals surface area contributed by atoms with Gasteiger partial charge in [0.05, 0.1) is 0 Å². The maximum absolute atomic E-state index is 12.6. The zero-order valence-electron chi connectivity index (χ0n) is 14.4. The molecule has 22 heavy (non-hydrogen) atoms. The molecule has 0 aliphatic carbocycles. The molecule has 2 aromatic rings. The Balaban J connectivity index is 2.39. The Bertz CT molecular complexity index is 671. The Labute approximate surface area is 133 Å². The van der Waals surface area contributed by atoms with Gasteiger partial charge in [-0.2, -0.15) is 0 Å². The molecule has 1 heterocycles. The van der Waals surface area contributed by atoms with E-state index in [0.29, 0.717) is 6.54 Å². The molecular weight excluding hydrogens is 274 g/mol. The lowest BCUT2D eigenvalue weighted by Gasteiger charge is -2.12. The largest absolute Gasteiger partial charge is 0.349 e. The van der Waals surface area contributed by atoms with Crippen molar-refractivity contribution in [3.05, 3.63) is 35.0 Å². The summed E-state index contributed by atoms with van der Waals surface area (Å²) in [5.74, 6) is 0.0236. The predicted molar refractivity (Wildman–Crippen MR) is 92.6 cm³/mol. The second kappa shape index (κ2) is 6.97. The lowest BCUT2D eigenvalue weighted by Crippen LogP contribution is -2.32. The number of aromatic nitrogens is 1. The number of aryl methyl sites for hydroxylation is 3. The fourth-order valence-corrected chi connectivity index (χ4v) is 2.89. The van der Waals surface area contributed by atoms with Crippen LogP contribution in [0.2, 0.25) is 0 Å². The van der Waals surface area contributed by atoms with Crippen LogP contribution in [0.15, 0.2) is 18.2 Å². The molecule has 0 bridgehead atoms. The molecular formula is C18H27N3O. The highest BCUT2D eigenvalue weighted by atomic mass is 16.1. The van der Waals surface area contributed by atoms with Crippen LogP contribution in [-0.4, -0.2) is 42.6 Å². The van der Waals surface area contributed by atoms with Crippen LogP contribution in [0.25, 0.3) is 10.9 Å². The fourth-order valence-electron chi connectivity index (χ4n) is 2.89. The minimum atomic E-state index is 0.0236. The molecule has 0 saturated carbocycles. The van der Waals surface area contributed by atoms with Crippen molar-refractivity contribution in [2.45, 2.75) is 33.7 Å². The Morgan fingerprint density at radius 1 is 1.27 bits per heavy atom. The van der Waals surface area contributed by atoms with E-state index in [1.165, 1.54) is 10.9 Å². The first-order chi connectivity index (χ1) is 10.5. The summed E-state index contributed by atoms with van der Waals surface area (Å²) in [5, 5.41) is 4.23. The first kappa shape index (κ1) is 16.6. The first-order valence-electron chi connectivity index (χ1n) is 8.04. The molecule has 1 N–H and O–H groups in total. The number of hydrogen-bond donors (Lipinski definition) is 1. The van der Waals surface area contributed by atoms with Gasteiger partial charge in [-0.15, -0.1) is 0 Å². The molecule has 0 radical (unpaired) electrons. The van der Waals surface area contributed by atoms with E-state index in [1.54, 1.807) is 0 Å². The molecule has 2 rings (SSSR count). The number of amides is 1. The van der Waals surface area contributed by atoms with Crippen LogP contribution in [0.4, 0.5) is 0 Å². The van der Waals surface area contributed by atoms with Gasteiger partial charge in [0, 0.05) is 30.5 Å². The average Bonchev–Trinajstić information content (AvgIpc) is 2.78. The highest BCUT2D eigenvalue weighted by Crippen LogP contribution is 2.27. The van der Waals surface area contributed by atoms with Gasteiger partial charge in [-0.05, 0) is 57.6 Å². The van der Waals surface area contributed by atoms with E-state index in [2.05, 4.69) is 53.8 Å². The summed E-state index contributed by atoms with van der Waals surface area (Å²) in [6, 6.07) is 6.51. The highest BCUT2D eigenvalue weighted by molar-refractivity contribution is 6.01. The van der Waals surface area contributed by atoms with E-state index < -0.39 is 0 Å². The van der Waals surface area contributed by atoms with Crippen molar-refractivity contribution >= 4 is 16.8 Å². The van der Waals surface area contributed by atoms with E-state index >= 15 is 0 Å². The van der Waals surface area contributed by atoms with Crippen molar-refractivity contribution in [3.63, 3.8) is 0 Å². The molecule has 4 heteroatoms. The summed E-state index contributed by atoms with van der Waals surface area (Å²) in [6.07, 6.45) is 1.01. The number of fused-ring (bicyclic) bond motifs is 1. The Kier molecular flexibility index (Phi) is 5.24. The van der Waals surface area contributed by atoms with Gasteiger partial charge in [-0.1, -0.05) is 13.0 Å². The summed E-state index contributed by atoms with van der Waals surface area (Å²) >= 11 is 0. The molecule has 4 nitrogen and oxygen atoms in total. The minimum Gasteiger partial charge on any atom is -0.349 e. The van der Waals surface area contributed by atoms with Gasteiger partial charge in [0.15, 0.2) is 0 Å². The van der Waals surface area contributed by atoms with Crippen molar-refractivity contribution in [1.82, 2.24) is 14.8 Å². The minimum absolute atomic E-state index is 0.0236. The topological polar surface area (TPSA) is 37.3 Å². The van der Waals surface area contributed by atoms with Crippen molar-refractivity contribution in [2.24, 2.45) is 0 Å². The van der Waals surface area contributed by atoms with Crippen LogP contribution in [0, 0.1) is 6.92 Å². The molecule has 0 spiro atoms. The maximum Gasteiger partial charge on any atom is 0.268 e. The van der Waals surface area contributed by atoms with Crippen molar-refractivity contribution in [2.75, 3.05) is 27.2 Å². The molecule has 0 saturated heterocycles. The standard InChI is InChI=1S/C18H27N3O/c1-6-14-8-9-16-15(12-14)13(3)17(21(16)7-2)18(22)19-10-11-20(4)5/h8-9,12H,6-7,10-11H2,1-5H3,(H,19,22). The van der Waals surface area contributed by atoms with Gasteiger partial charge >= 0.3 is 0 Å². The fraction of sp³-hybridized carbons (Fsp3) is 0.500. The summed E-state index contributed by atoms with van der Waals surface area (Å²) < 4.78 is 2.12. The number of likely N-dealkylation sites (N-methyl/N-ethyl adjacent to an activating group) is 1. The van der Waals surface area contributed by atoms with Crippen LogP contribution in [-0.2, 0) is 13.0 Å². The molecule has 0 aliphatic rings. The van der Waals surface area contributed by atoms with Crippen molar-refractivity contribution in [1.29, 1.82) is 0 Å². The van der Waals surface area contributed by atoms with Gasteiger partial charge < -0.3 is 14.8 Å². The van der Waals surface area contributed by atoms with E-state index in [1.807, 2.05) is 14.1 Å². The SMILES string of the molecule is CCc1ccc2c(c1)c(C)c(C(=O)NCCN(C)C)n2CC. The third-order valence-corrected chi connectivity index (χ3v) is 4.17. The highest BCUT2D eigenvalue weighted by Gasteiger charge is 2.19. The summed E-state index contributed by atoms with van der Waals surface area (Å²) in [6.45, 7) is 8.60. The molecule has 1 amide bonds. The van der Waals surface area contributed by atoms with E-state index in [-0.39, 0.29) is 5.91 Å². The summed E-state index contributed by atoms with van der Waals surface area (Å²) in [5.41, 5.74) is 4.33. The second-order valence-corrected chi connectivity index (χ2v) is 5.98. The second-order valence-electron chi connectivity index (χ2n) is 5.98. The number of carbonyl (C=O) groups is 1. The van der Waals surface area contributed by atoms with E-state index in [0.717, 1.165) is 36.3 Å². The molecule has 0 fully saturated rings. The molecule has 1 aromatic heterocycles. The smallest absolute Gasteiger partial charge is 0.268 e. The molecule has 0 unspecified atom stereocenters. The number of nitrogens with zero attached hydrogens (tertiary/aromatic N) is 2. The molecule has 0 atom stereocenters. The zero-order chi connectivity index (χ0) is 16.3. The third kappa shape index (κ3) is 3.17. The van der Waals surface area contributed by atoms with Crippen LogP contribution in [0.3, 0.4) is 0 Å². The normalized spacial score (nSPS) is 11.4. The van der Waals surface area contributed by atoms with Crippen LogP contribution in [0.5, 0.6) is 0 Å². The lowest BCUT2D eigenvalue weighted by molar-refractivity contribution is 0.0941. The van der Waals surface area contributed by atoms with Crippen LogP contribution < -0.4 is 5.32 Å². The predicted octanol–water partition coefficient (Wildman–Crippen LogP) is 2.82. The maximum atomic E-state index is 12.6. The molecule has 0 aliphatic heterocycles. The quantitative estimate of drug-likeness (QED) is 0.891. The van der Waals surface area contributed by atoms with Gasteiger partial charge in [-0.25, -0.2) is 0 Å². The first-order valence-corrected chi connectivity index (χ1v) is 8.04. The summed E-state index contributed by atoms with van der Waals surface area (Å²) in [7, 11) is 4.01. The lowest BCUT2D eigenvalue weighted by atomic mass is 10.1. The number of hydrogen-bond acceptors (Lipinski definition) is 2. The summed E-state index contributed by atoms with van der Waals surface area (Å²) in [4.78, 5) is 14.7. The van der Waals surface area contributed by atoms with E-state index in [9.17, 15) is 4.79 Å². The van der Waals surface area contributed by atoms with Crippen LogP contribution >= 0.6 is 0 Å². The number of benzene rings is 1. The van der Waals surface area contributed by atoms with Crippen molar-refractivity contribution in [3.8, 4) is 0 Å². The van der Waals surface area contributed by atoms with Gasteiger partial charge in [0.1, 0.15) is 5.69 Å². The van der Waals surface area contributed by atoms with Gasteiger partial charge in [0.25, 0.3) is 5.91 Å². The third-order valence-electron chi connectivity index (χ3n) is 4.17. The Morgan fingerprint density at radius 3 is 2.59 bits per heavy atom. The number of nitrogens with one attached hydrogen (secondary N) is 1. The number of rotatable bonds is 6. The zero-order valence-corrected chi connectivity index (χ0v) is 14.4. The Hall–Kier alpha value is -1.81. The molecule has 120 valence electrons. The Morgan fingerprint density at radius 2 is 2.00 bits per heavy atom. The van der Waals surface area contributed by atoms with Gasteiger partial charge in [-0.3, -0.25) is 4.79 Å². The monoisotopic (exact) mass is 301 g/mol. The number of carbonyl (C=O) groups excluding carboxylic acids is 1. The average molecular weight is 301 g/mol.